The second-order valence-corrected chi connectivity index (χ2v) is 8.06. The van der Waals surface area contributed by atoms with Gasteiger partial charge in [0.2, 0.25) is 11.8 Å². The Hall–Kier alpha value is -3.88. The summed E-state index contributed by atoms with van der Waals surface area (Å²) in [6.45, 7) is 2.90. The Balaban J connectivity index is 1.61. The number of rotatable bonds is 4. The zero-order chi connectivity index (χ0) is 23.0. The van der Waals surface area contributed by atoms with Crippen molar-refractivity contribution < 1.29 is 23.9 Å². The van der Waals surface area contributed by atoms with Gasteiger partial charge in [0, 0.05) is 12.5 Å². The van der Waals surface area contributed by atoms with Crippen molar-refractivity contribution in [2.75, 3.05) is 23.9 Å². The third-order valence-electron chi connectivity index (χ3n) is 5.84. The number of nitrogens with zero attached hydrogens (tertiary/aromatic N) is 2. The van der Waals surface area contributed by atoms with Crippen molar-refractivity contribution in [2.45, 2.75) is 31.8 Å². The van der Waals surface area contributed by atoms with Crippen LogP contribution in [-0.4, -0.2) is 48.3 Å². The number of benzene rings is 2. The van der Waals surface area contributed by atoms with Crippen LogP contribution in [0.1, 0.15) is 25.8 Å². The number of anilines is 2. The number of urea groups is 1. The molecule has 4 rings (SSSR count). The predicted molar refractivity (Wildman–Crippen MR) is 117 cm³/mol. The van der Waals surface area contributed by atoms with E-state index in [0.29, 0.717) is 22.7 Å². The molecule has 0 aliphatic carbocycles. The summed E-state index contributed by atoms with van der Waals surface area (Å²) in [7, 11) is 1.52. The van der Waals surface area contributed by atoms with Crippen LogP contribution in [0.5, 0.6) is 5.75 Å². The molecular formula is C23H24N4O5. The summed E-state index contributed by atoms with van der Waals surface area (Å²) in [5.41, 5.74) is 0.256. The number of amides is 5. The Labute approximate surface area is 185 Å². The van der Waals surface area contributed by atoms with E-state index in [-0.39, 0.29) is 12.3 Å². The van der Waals surface area contributed by atoms with Crippen LogP contribution in [0.25, 0.3) is 0 Å². The fraction of sp³-hybridized carbons (Fsp3) is 0.304. The zero-order valence-corrected chi connectivity index (χ0v) is 18.0. The standard InChI is InChI=1S/C23H24N4O5/c1-14-11-19(28)24-17-9-4-5-10-18(17)27(14)20(29)13-26-21(30)23(2,25-22(26)31)15-7-6-8-16(12-15)32-3/h4-10,12,14H,11,13H2,1-3H3,(H,24,28)(H,25,31)/t14-,23+/m1/s1. The number of hydrogen-bond acceptors (Lipinski definition) is 5. The summed E-state index contributed by atoms with van der Waals surface area (Å²) in [6.07, 6.45) is 0.0993. The maximum Gasteiger partial charge on any atom is 0.325 e. The molecule has 2 aromatic carbocycles. The van der Waals surface area contributed by atoms with Gasteiger partial charge in [-0.15, -0.1) is 0 Å². The van der Waals surface area contributed by atoms with Gasteiger partial charge in [-0.1, -0.05) is 24.3 Å². The molecule has 2 aliphatic heterocycles. The first-order chi connectivity index (χ1) is 15.2. The second-order valence-electron chi connectivity index (χ2n) is 8.06. The number of carbonyl (C=O) groups excluding carboxylic acids is 4. The van der Waals surface area contributed by atoms with Gasteiger partial charge in [0.15, 0.2) is 0 Å². The van der Waals surface area contributed by atoms with Crippen LogP contribution < -0.4 is 20.3 Å². The van der Waals surface area contributed by atoms with E-state index >= 15 is 0 Å². The summed E-state index contributed by atoms with van der Waals surface area (Å²) in [5, 5.41) is 5.49. The van der Waals surface area contributed by atoms with E-state index in [1.165, 1.54) is 12.0 Å². The molecule has 1 fully saturated rings. The lowest BCUT2D eigenvalue weighted by Crippen LogP contribution is -2.47. The third-order valence-corrected chi connectivity index (χ3v) is 5.84. The minimum Gasteiger partial charge on any atom is -0.497 e. The van der Waals surface area contributed by atoms with E-state index < -0.39 is 36.0 Å². The molecule has 0 radical (unpaired) electrons. The van der Waals surface area contributed by atoms with Gasteiger partial charge in [-0.3, -0.25) is 19.3 Å². The van der Waals surface area contributed by atoms with Crippen LogP contribution in [0.3, 0.4) is 0 Å². The maximum atomic E-state index is 13.3. The van der Waals surface area contributed by atoms with Gasteiger partial charge < -0.3 is 20.3 Å². The summed E-state index contributed by atoms with van der Waals surface area (Å²) in [5.74, 6) is -0.651. The molecule has 0 saturated carbocycles. The van der Waals surface area contributed by atoms with Crippen molar-refractivity contribution in [1.82, 2.24) is 10.2 Å². The highest BCUT2D eigenvalue weighted by atomic mass is 16.5. The largest absolute Gasteiger partial charge is 0.497 e. The predicted octanol–water partition coefficient (Wildman–Crippen LogP) is 2.23. The first-order valence-corrected chi connectivity index (χ1v) is 10.2. The lowest BCUT2D eigenvalue weighted by Gasteiger charge is -2.29. The molecular weight excluding hydrogens is 412 g/mol. The first kappa shape index (κ1) is 21.4. The van der Waals surface area contributed by atoms with Crippen molar-refractivity contribution >= 4 is 35.1 Å². The fourth-order valence-corrected chi connectivity index (χ4v) is 4.15. The number of methoxy groups -OCH3 is 1. The van der Waals surface area contributed by atoms with E-state index in [1.54, 1.807) is 62.4 Å². The molecule has 0 bridgehead atoms. The second kappa shape index (κ2) is 7.99. The van der Waals surface area contributed by atoms with Gasteiger partial charge in [-0.25, -0.2) is 4.79 Å². The van der Waals surface area contributed by atoms with Crippen molar-refractivity contribution in [3.05, 3.63) is 54.1 Å². The van der Waals surface area contributed by atoms with Crippen LogP contribution in [0.2, 0.25) is 0 Å². The summed E-state index contributed by atoms with van der Waals surface area (Å²) in [4.78, 5) is 53.9. The Morgan fingerprint density at radius 1 is 1.16 bits per heavy atom. The van der Waals surface area contributed by atoms with Crippen LogP contribution in [0.4, 0.5) is 16.2 Å². The Kier molecular flexibility index (Phi) is 5.33. The first-order valence-electron chi connectivity index (χ1n) is 10.2. The fourth-order valence-electron chi connectivity index (χ4n) is 4.15. The average Bonchev–Trinajstić information content (AvgIpc) is 2.90. The molecule has 9 heteroatoms. The quantitative estimate of drug-likeness (QED) is 0.715. The van der Waals surface area contributed by atoms with Crippen LogP contribution in [-0.2, 0) is 19.9 Å². The Morgan fingerprint density at radius 2 is 1.91 bits per heavy atom. The summed E-state index contributed by atoms with van der Waals surface area (Å²) < 4.78 is 5.23. The third kappa shape index (κ3) is 3.55. The van der Waals surface area contributed by atoms with E-state index in [4.69, 9.17) is 4.74 Å². The van der Waals surface area contributed by atoms with Crippen molar-refractivity contribution in [1.29, 1.82) is 0 Å². The zero-order valence-electron chi connectivity index (χ0n) is 18.0. The molecule has 0 spiro atoms. The van der Waals surface area contributed by atoms with Gasteiger partial charge in [0.05, 0.1) is 18.5 Å². The molecule has 2 N–H and O–H groups in total. The van der Waals surface area contributed by atoms with Crippen molar-refractivity contribution in [2.24, 2.45) is 0 Å². The summed E-state index contributed by atoms with van der Waals surface area (Å²) >= 11 is 0. The smallest absolute Gasteiger partial charge is 0.325 e. The number of carbonyl (C=O) groups is 4. The van der Waals surface area contributed by atoms with Gasteiger partial charge in [-0.2, -0.15) is 0 Å². The average molecular weight is 436 g/mol. The summed E-state index contributed by atoms with van der Waals surface area (Å²) in [6, 6.07) is 12.7. The number of fused-ring (bicyclic) bond motifs is 1. The molecule has 2 aromatic rings. The van der Waals surface area contributed by atoms with Crippen LogP contribution >= 0.6 is 0 Å². The Bertz CT molecular complexity index is 1120. The molecule has 5 amide bonds. The molecule has 1 saturated heterocycles. The minimum atomic E-state index is -1.33. The molecule has 0 unspecified atom stereocenters. The van der Waals surface area contributed by atoms with E-state index in [2.05, 4.69) is 10.6 Å². The maximum absolute atomic E-state index is 13.3. The molecule has 9 nitrogen and oxygen atoms in total. The highest BCUT2D eigenvalue weighted by molar-refractivity contribution is 6.12. The Morgan fingerprint density at radius 3 is 2.66 bits per heavy atom. The van der Waals surface area contributed by atoms with Gasteiger partial charge in [0.25, 0.3) is 5.91 Å². The van der Waals surface area contributed by atoms with Crippen LogP contribution in [0, 0.1) is 0 Å². The molecule has 2 atom stereocenters. The van der Waals surface area contributed by atoms with Gasteiger partial charge in [-0.05, 0) is 43.7 Å². The molecule has 32 heavy (non-hydrogen) atoms. The van der Waals surface area contributed by atoms with Crippen molar-refractivity contribution in [3.63, 3.8) is 0 Å². The van der Waals surface area contributed by atoms with Gasteiger partial charge >= 0.3 is 6.03 Å². The molecule has 166 valence electrons. The van der Waals surface area contributed by atoms with Crippen molar-refractivity contribution in [3.8, 4) is 5.75 Å². The number of para-hydroxylation sites is 2. The number of hydrogen-bond donors (Lipinski definition) is 2. The topological polar surface area (TPSA) is 108 Å². The molecule has 2 aliphatic rings. The van der Waals surface area contributed by atoms with E-state index in [9.17, 15) is 19.2 Å². The lowest BCUT2D eigenvalue weighted by atomic mass is 9.92. The number of ether oxygens (including phenoxy) is 1. The monoisotopic (exact) mass is 436 g/mol. The number of nitrogens with one attached hydrogen (secondary N) is 2. The normalized spacial score (nSPS) is 22.7. The van der Waals surface area contributed by atoms with E-state index in [1.807, 2.05) is 0 Å². The molecule has 0 aromatic heterocycles. The molecule has 2 heterocycles. The minimum absolute atomic E-state index is 0.0993. The number of imide groups is 1. The lowest BCUT2D eigenvalue weighted by molar-refractivity contribution is -0.134. The van der Waals surface area contributed by atoms with Crippen LogP contribution in [0.15, 0.2) is 48.5 Å². The van der Waals surface area contributed by atoms with Gasteiger partial charge in [0.1, 0.15) is 17.8 Å². The highest BCUT2D eigenvalue weighted by Gasteiger charge is 2.50. The van der Waals surface area contributed by atoms with E-state index in [0.717, 1.165) is 4.90 Å². The highest BCUT2D eigenvalue weighted by Crippen LogP contribution is 2.33. The SMILES string of the molecule is COc1cccc([C@]2(C)NC(=O)N(CC(=O)N3c4ccccc4NC(=O)C[C@H]3C)C2=O)c1.